The van der Waals surface area contributed by atoms with Gasteiger partial charge >= 0.3 is 0 Å². The highest BCUT2D eigenvalue weighted by molar-refractivity contribution is 6.32. The summed E-state index contributed by atoms with van der Waals surface area (Å²) in [4.78, 5) is 9.96. The van der Waals surface area contributed by atoms with Crippen LogP contribution in [0.15, 0.2) is 24.3 Å². The average Bonchev–Trinajstić information content (AvgIpc) is 2.20. The fourth-order valence-corrected chi connectivity index (χ4v) is 1.31. The van der Waals surface area contributed by atoms with Gasteiger partial charge in [0.2, 0.25) is 0 Å². The minimum atomic E-state index is -0.473. The second-order valence-electron chi connectivity index (χ2n) is 2.94. The molecule has 0 amide bonds. The number of hydrogen-bond donors (Lipinski definition) is 1. The van der Waals surface area contributed by atoms with Crippen molar-refractivity contribution in [2.24, 2.45) is 5.73 Å². The maximum Gasteiger partial charge on any atom is 0.270 e. The monoisotopic (exact) mass is 226 g/mol. The molecule has 4 nitrogen and oxygen atoms in total. The molecule has 0 fully saturated rings. The number of nitrogens with two attached hydrogens (primary N) is 1. The van der Waals surface area contributed by atoms with Gasteiger partial charge in [0, 0.05) is 12.1 Å². The lowest BCUT2D eigenvalue weighted by Crippen LogP contribution is -1.95. The molecule has 0 atom stereocenters. The molecular weight excluding hydrogens is 216 g/mol. The molecule has 1 rings (SSSR count). The van der Waals surface area contributed by atoms with Crippen LogP contribution in [0.25, 0.3) is 6.08 Å². The van der Waals surface area contributed by atoms with Gasteiger partial charge in [-0.15, -0.1) is 0 Å². The summed E-state index contributed by atoms with van der Waals surface area (Å²) in [7, 11) is 0. The fourth-order valence-electron chi connectivity index (χ4n) is 1.07. The van der Waals surface area contributed by atoms with Gasteiger partial charge in [-0.25, -0.2) is 0 Å². The van der Waals surface area contributed by atoms with Crippen LogP contribution in [0.1, 0.15) is 12.0 Å². The minimum absolute atomic E-state index is 0.00373. The van der Waals surface area contributed by atoms with E-state index in [0.717, 1.165) is 12.0 Å². The fraction of sp³-hybridized carbons (Fsp3) is 0.200. The summed E-state index contributed by atoms with van der Waals surface area (Å²) in [5, 5.41) is 10.8. The van der Waals surface area contributed by atoms with Gasteiger partial charge in [0.25, 0.3) is 5.69 Å². The SMILES string of the molecule is NCCC=Cc1ccc([N+](=O)[O-])cc1Cl. The Kier molecular flexibility index (Phi) is 4.27. The summed E-state index contributed by atoms with van der Waals surface area (Å²) in [5.41, 5.74) is 6.08. The highest BCUT2D eigenvalue weighted by atomic mass is 35.5. The summed E-state index contributed by atoms with van der Waals surface area (Å²) in [6, 6.07) is 4.38. The topological polar surface area (TPSA) is 69.2 Å². The highest BCUT2D eigenvalue weighted by Crippen LogP contribution is 2.23. The zero-order valence-electron chi connectivity index (χ0n) is 8.02. The molecule has 1 aromatic rings. The molecule has 0 aliphatic heterocycles. The molecule has 0 bridgehead atoms. The van der Waals surface area contributed by atoms with Gasteiger partial charge in [-0.1, -0.05) is 23.8 Å². The van der Waals surface area contributed by atoms with E-state index in [1.807, 2.05) is 6.08 Å². The molecule has 0 unspecified atom stereocenters. The predicted octanol–water partition coefficient (Wildman–Crippen LogP) is 2.61. The number of nitro benzene ring substituents is 1. The number of nitro groups is 1. The van der Waals surface area contributed by atoms with E-state index < -0.39 is 4.92 Å². The standard InChI is InChI=1S/C10H11ClN2O2/c11-10-7-9(13(14)15)5-4-8(10)3-1-2-6-12/h1,3-5,7H,2,6,12H2. The van der Waals surface area contributed by atoms with E-state index in [9.17, 15) is 10.1 Å². The normalized spacial score (nSPS) is 10.8. The van der Waals surface area contributed by atoms with Crippen LogP contribution in [0, 0.1) is 10.1 Å². The highest BCUT2D eigenvalue weighted by Gasteiger charge is 2.07. The molecule has 15 heavy (non-hydrogen) atoms. The van der Waals surface area contributed by atoms with E-state index in [2.05, 4.69) is 0 Å². The minimum Gasteiger partial charge on any atom is -0.330 e. The zero-order valence-corrected chi connectivity index (χ0v) is 8.78. The molecule has 1 aromatic carbocycles. The Labute approximate surface area is 92.5 Å². The third-order valence-corrected chi connectivity index (χ3v) is 2.15. The molecule has 0 heterocycles. The van der Waals surface area contributed by atoms with Crippen LogP contribution in [-0.4, -0.2) is 11.5 Å². The van der Waals surface area contributed by atoms with Crippen LogP contribution in [0.5, 0.6) is 0 Å². The average molecular weight is 227 g/mol. The quantitative estimate of drug-likeness (QED) is 0.634. The van der Waals surface area contributed by atoms with Gasteiger partial charge in [-0.3, -0.25) is 10.1 Å². The van der Waals surface area contributed by atoms with Gasteiger partial charge in [0.15, 0.2) is 0 Å². The van der Waals surface area contributed by atoms with Crippen LogP contribution >= 0.6 is 11.6 Å². The summed E-state index contributed by atoms with van der Waals surface area (Å²) in [5.74, 6) is 0. The Morgan fingerprint density at radius 2 is 2.27 bits per heavy atom. The molecule has 0 saturated carbocycles. The summed E-state index contributed by atoms with van der Waals surface area (Å²) in [6.45, 7) is 0.571. The van der Waals surface area contributed by atoms with E-state index in [-0.39, 0.29) is 5.69 Å². The van der Waals surface area contributed by atoms with Crippen LogP contribution < -0.4 is 5.73 Å². The van der Waals surface area contributed by atoms with Gasteiger partial charge in [-0.2, -0.15) is 0 Å². The second-order valence-corrected chi connectivity index (χ2v) is 3.35. The first kappa shape index (κ1) is 11.7. The van der Waals surface area contributed by atoms with Crippen molar-refractivity contribution >= 4 is 23.4 Å². The maximum atomic E-state index is 10.4. The third-order valence-electron chi connectivity index (χ3n) is 1.83. The first-order valence-corrected chi connectivity index (χ1v) is 4.83. The van der Waals surface area contributed by atoms with E-state index in [1.54, 1.807) is 12.1 Å². The second kappa shape index (κ2) is 5.48. The van der Waals surface area contributed by atoms with Crippen molar-refractivity contribution < 1.29 is 4.92 Å². The number of rotatable bonds is 4. The summed E-state index contributed by atoms with van der Waals surface area (Å²) in [6.07, 6.45) is 4.44. The first-order valence-electron chi connectivity index (χ1n) is 4.45. The van der Waals surface area contributed by atoms with Crippen molar-refractivity contribution in [3.63, 3.8) is 0 Å². The van der Waals surface area contributed by atoms with Crippen LogP contribution in [-0.2, 0) is 0 Å². The molecule has 5 heteroatoms. The Morgan fingerprint density at radius 3 is 2.80 bits per heavy atom. The summed E-state index contributed by atoms with van der Waals surface area (Å²) < 4.78 is 0. The lowest BCUT2D eigenvalue weighted by Gasteiger charge is -1.97. The Balaban J connectivity index is 2.88. The number of non-ortho nitro benzene ring substituents is 1. The van der Waals surface area contributed by atoms with E-state index in [4.69, 9.17) is 17.3 Å². The van der Waals surface area contributed by atoms with Crippen molar-refractivity contribution in [2.75, 3.05) is 6.54 Å². The van der Waals surface area contributed by atoms with Gasteiger partial charge in [-0.05, 0) is 24.6 Å². The molecule has 0 saturated heterocycles. The lowest BCUT2D eigenvalue weighted by molar-refractivity contribution is -0.384. The molecule has 0 spiro atoms. The Hall–Kier alpha value is -1.39. The molecule has 80 valence electrons. The van der Waals surface area contributed by atoms with Crippen LogP contribution in [0.3, 0.4) is 0 Å². The maximum absolute atomic E-state index is 10.4. The van der Waals surface area contributed by atoms with Crippen molar-refractivity contribution in [3.05, 3.63) is 45.0 Å². The molecule has 0 aliphatic carbocycles. The van der Waals surface area contributed by atoms with Crippen molar-refractivity contribution in [2.45, 2.75) is 6.42 Å². The molecule has 2 N–H and O–H groups in total. The number of hydrogen-bond acceptors (Lipinski definition) is 3. The van der Waals surface area contributed by atoms with Crippen LogP contribution in [0.2, 0.25) is 5.02 Å². The molecule has 0 aromatic heterocycles. The van der Waals surface area contributed by atoms with E-state index in [0.29, 0.717) is 11.6 Å². The lowest BCUT2D eigenvalue weighted by atomic mass is 10.2. The van der Waals surface area contributed by atoms with E-state index in [1.165, 1.54) is 12.1 Å². The molecule has 0 radical (unpaired) electrons. The van der Waals surface area contributed by atoms with Gasteiger partial charge < -0.3 is 5.73 Å². The zero-order chi connectivity index (χ0) is 11.3. The predicted molar refractivity (Wildman–Crippen MR) is 60.8 cm³/mol. The molecule has 0 aliphatic rings. The number of nitrogens with zero attached hydrogens (tertiary/aromatic N) is 1. The van der Waals surface area contributed by atoms with Gasteiger partial charge in [0.05, 0.1) is 9.95 Å². The number of halogens is 1. The number of benzene rings is 1. The molecular formula is C10H11ClN2O2. The van der Waals surface area contributed by atoms with E-state index >= 15 is 0 Å². The van der Waals surface area contributed by atoms with Crippen LogP contribution in [0.4, 0.5) is 5.69 Å². The van der Waals surface area contributed by atoms with Crippen molar-refractivity contribution in [1.29, 1.82) is 0 Å². The first-order chi connectivity index (χ1) is 7.15. The largest absolute Gasteiger partial charge is 0.330 e. The van der Waals surface area contributed by atoms with Gasteiger partial charge in [0.1, 0.15) is 0 Å². The van der Waals surface area contributed by atoms with Crippen molar-refractivity contribution in [1.82, 2.24) is 0 Å². The van der Waals surface area contributed by atoms with Crippen molar-refractivity contribution in [3.8, 4) is 0 Å². The third kappa shape index (κ3) is 3.34. The summed E-state index contributed by atoms with van der Waals surface area (Å²) >= 11 is 5.87. The Bertz CT molecular complexity index is 391. The Morgan fingerprint density at radius 1 is 1.53 bits per heavy atom. The smallest absolute Gasteiger partial charge is 0.270 e.